The van der Waals surface area contributed by atoms with Crippen molar-refractivity contribution in [3.8, 4) is 0 Å². The van der Waals surface area contributed by atoms with Gasteiger partial charge in [-0.3, -0.25) is 9.69 Å². The van der Waals surface area contributed by atoms with Gasteiger partial charge in [0.25, 0.3) is 0 Å². The van der Waals surface area contributed by atoms with E-state index < -0.39 is 0 Å². The summed E-state index contributed by atoms with van der Waals surface area (Å²) in [5.74, 6) is 0.0617. The molecule has 5 heteroatoms. The molecular formula is C16H24BrN3O. The van der Waals surface area contributed by atoms with E-state index in [2.05, 4.69) is 50.4 Å². The molecule has 1 aliphatic heterocycles. The fourth-order valence-corrected chi connectivity index (χ4v) is 3.04. The van der Waals surface area contributed by atoms with Crippen molar-refractivity contribution >= 4 is 21.8 Å². The number of carbonyl (C=O) groups is 1. The summed E-state index contributed by atoms with van der Waals surface area (Å²) in [6.45, 7) is 3.20. The number of halogens is 1. The predicted molar refractivity (Wildman–Crippen MR) is 88.9 cm³/mol. The Bertz CT molecular complexity index is 449. The second kappa shape index (κ2) is 8.51. The molecule has 0 saturated carbocycles. The van der Waals surface area contributed by atoms with E-state index in [-0.39, 0.29) is 5.91 Å². The monoisotopic (exact) mass is 353 g/mol. The SMILES string of the molecule is NCCC(=O)NCC1CCCCN1Cc1ccc(Br)cc1. The quantitative estimate of drug-likeness (QED) is 0.824. The van der Waals surface area contributed by atoms with Gasteiger partial charge in [0, 0.05) is 36.6 Å². The lowest BCUT2D eigenvalue weighted by Gasteiger charge is -2.36. The van der Waals surface area contributed by atoms with Crippen molar-refractivity contribution in [2.45, 2.75) is 38.3 Å². The van der Waals surface area contributed by atoms with Gasteiger partial charge in [0.1, 0.15) is 0 Å². The third-order valence-electron chi connectivity index (χ3n) is 3.95. The molecule has 0 spiro atoms. The average molecular weight is 354 g/mol. The van der Waals surface area contributed by atoms with Gasteiger partial charge in [-0.2, -0.15) is 0 Å². The van der Waals surface area contributed by atoms with Crippen molar-refractivity contribution in [3.63, 3.8) is 0 Å². The molecule has 0 radical (unpaired) electrons. The summed E-state index contributed by atoms with van der Waals surface area (Å²) in [6, 6.07) is 8.91. The molecule has 116 valence electrons. The smallest absolute Gasteiger partial charge is 0.221 e. The molecule has 1 heterocycles. The normalized spacial score (nSPS) is 19.4. The Balaban J connectivity index is 1.89. The highest BCUT2D eigenvalue weighted by molar-refractivity contribution is 9.10. The van der Waals surface area contributed by atoms with Gasteiger partial charge in [0.2, 0.25) is 5.91 Å². The summed E-state index contributed by atoms with van der Waals surface area (Å²) in [7, 11) is 0. The summed E-state index contributed by atoms with van der Waals surface area (Å²) < 4.78 is 1.11. The van der Waals surface area contributed by atoms with Gasteiger partial charge >= 0.3 is 0 Å². The summed E-state index contributed by atoms with van der Waals surface area (Å²) in [5.41, 5.74) is 6.72. The first-order chi connectivity index (χ1) is 10.2. The maximum atomic E-state index is 11.6. The maximum absolute atomic E-state index is 11.6. The highest BCUT2D eigenvalue weighted by Crippen LogP contribution is 2.20. The fraction of sp³-hybridized carbons (Fsp3) is 0.562. The van der Waals surface area contributed by atoms with Crippen molar-refractivity contribution in [2.75, 3.05) is 19.6 Å². The van der Waals surface area contributed by atoms with E-state index in [1.807, 2.05) is 0 Å². The van der Waals surface area contributed by atoms with Crippen LogP contribution in [0.4, 0.5) is 0 Å². The lowest BCUT2D eigenvalue weighted by atomic mass is 10.0. The summed E-state index contributed by atoms with van der Waals surface area (Å²) in [5, 5.41) is 3.01. The van der Waals surface area contributed by atoms with Crippen molar-refractivity contribution in [3.05, 3.63) is 34.3 Å². The third kappa shape index (κ3) is 5.41. The first-order valence-electron chi connectivity index (χ1n) is 7.64. The molecule has 21 heavy (non-hydrogen) atoms. The minimum Gasteiger partial charge on any atom is -0.354 e. The molecule has 2 rings (SSSR count). The molecule has 3 N–H and O–H groups in total. The first-order valence-corrected chi connectivity index (χ1v) is 8.43. The second-order valence-electron chi connectivity index (χ2n) is 5.59. The minimum absolute atomic E-state index is 0.0617. The average Bonchev–Trinajstić information content (AvgIpc) is 2.49. The molecule has 0 aromatic heterocycles. The Morgan fingerprint density at radius 3 is 2.81 bits per heavy atom. The Morgan fingerprint density at radius 1 is 1.33 bits per heavy atom. The minimum atomic E-state index is 0.0617. The number of nitrogens with two attached hydrogens (primary N) is 1. The Morgan fingerprint density at radius 2 is 2.10 bits per heavy atom. The lowest BCUT2D eigenvalue weighted by Crippen LogP contribution is -2.46. The standard InChI is InChI=1S/C16H24BrN3O/c17-14-6-4-13(5-7-14)12-20-10-2-1-3-15(20)11-19-16(21)8-9-18/h4-7,15H,1-3,8-12,18H2,(H,19,21). The van der Waals surface area contributed by atoms with Crippen molar-refractivity contribution in [2.24, 2.45) is 5.73 Å². The van der Waals surface area contributed by atoms with Crippen LogP contribution in [0, 0.1) is 0 Å². The van der Waals surface area contributed by atoms with Gasteiger partial charge in [-0.1, -0.05) is 34.5 Å². The summed E-state index contributed by atoms with van der Waals surface area (Å²) >= 11 is 3.47. The molecule has 1 atom stereocenters. The van der Waals surface area contributed by atoms with E-state index in [9.17, 15) is 4.79 Å². The van der Waals surface area contributed by atoms with Crippen LogP contribution in [0.15, 0.2) is 28.7 Å². The molecule has 0 bridgehead atoms. The molecule has 1 fully saturated rings. The predicted octanol–water partition coefficient (Wildman–Crippen LogP) is 2.27. The van der Waals surface area contributed by atoms with Crippen molar-refractivity contribution < 1.29 is 4.79 Å². The zero-order valence-electron chi connectivity index (χ0n) is 12.4. The number of hydrogen-bond acceptors (Lipinski definition) is 3. The van der Waals surface area contributed by atoms with Crippen LogP contribution in [0.25, 0.3) is 0 Å². The van der Waals surface area contributed by atoms with E-state index in [1.165, 1.54) is 18.4 Å². The van der Waals surface area contributed by atoms with Gasteiger partial charge in [-0.15, -0.1) is 0 Å². The van der Waals surface area contributed by atoms with E-state index in [1.54, 1.807) is 0 Å². The Labute approximate surface area is 135 Å². The number of nitrogens with zero attached hydrogens (tertiary/aromatic N) is 1. The van der Waals surface area contributed by atoms with Crippen LogP contribution in [0.2, 0.25) is 0 Å². The molecule has 1 aliphatic rings. The zero-order valence-corrected chi connectivity index (χ0v) is 13.9. The van der Waals surface area contributed by atoms with Crippen LogP contribution >= 0.6 is 15.9 Å². The number of likely N-dealkylation sites (tertiary alicyclic amines) is 1. The topological polar surface area (TPSA) is 58.4 Å². The van der Waals surface area contributed by atoms with Crippen molar-refractivity contribution in [1.29, 1.82) is 0 Å². The van der Waals surface area contributed by atoms with Crippen LogP contribution in [-0.2, 0) is 11.3 Å². The Kier molecular flexibility index (Phi) is 6.67. The molecule has 1 aromatic carbocycles. The maximum Gasteiger partial charge on any atom is 0.221 e. The van der Waals surface area contributed by atoms with Crippen LogP contribution in [-0.4, -0.2) is 36.5 Å². The first kappa shape index (κ1) is 16.5. The second-order valence-corrected chi connectivity index (χ2v) is 6.50. The molecular weight excluding hydrogens is 330 g/mol. The van der Waals surface area contributed by atoms with Gasteiger partial charge in [0.15, 0.2) is 0 Å². The third-order valence-corrected chi connectivity index (χ3v) is 4.48. The number of nitrogens with one attached hydrogen (secondary N) is 1. The van der Waals surface area contributed by atoms with Crippen LogP contribution in [0.3, 0.4) is 0 Å². The number of piperidine rings is 1. The number of rotatable bonds is 6. The van der Waals surface area contributed by atoms with E-state index in [4.69, 9.17) is 5.73 Å². The molecule has 1 unspecified atom stereocenters. The largest absolute Gasteiger partial charge is 0.354 e. The van der Waals surface area contributed by atoms with E-state index in [0.29, 0.717) is 19.0 Å². The zero-order chi connectivity index (χ0) is 15.1. The van der Waals surface area contributed by atoms with Crippen LogP contribution in [0.1, 0.15) is 31.2 Å². The number of carbonyl (C=O) groups excluding carboxylic acids is 1. The summed E-state index contributed by atoms with van der Waals surface area (Å²) in [6.07, 6.45) is 4.05. The Hall–Kier alpha value is -0.910. The fourth-order valence-electron chi connectivity index (χ4n) is 2.77. The van der Waals surface area contributed by atoms with Gasteiger partial charge in [0.05, 0.1) is 0 Å². The van der Waals surface area contributed by atoms with Gasteiger partial charge in [-0.25, -0.2) is 0 Å². The van der Waals surface area contributed by atoms with Gasteiger partial charge in [-0.05, 0) is 37.1 Å². The molecule has 1 amide bonds. The lowest BCUT2D eigenvalue weighted by molar-refractivity contribution is -0.121. The summed E-state index contributed by atoms with van der Waals surface area (Å²) in [4.78, 5) is 14.1. The highest BCUT2D eigenvalue weighted by atomic mass is 79.9. The van der Waals surface area contributed by atoms with Gasteiger partial charge < -0.3 is 11.1 Å². The van der Waals surface area contributed by atoms with Crippen LogP contribution in [0.5, 0.6) is 0 Å². The molecule has 1 saturated heterocycles. The van der Waals surface area contributed by atoms with E-state index in [0.717, 1.165) is 30.5 Å². The number of benzene rings is 1. The molecule has 0 aliphatic carbocycles. The number of amides is 1. The molecule has 4 nitrogen and oxygen atoms in total. The van der Waals surface area contributed by atoms with E-state index >= 15 is 0 Å². The highest BCUT2D eigenvalue weighted by Gasteiger charge is 2.22. The van der Waals surface area contributed by atoms with Crippen molar-refractivity contribution in [1.82, 2.24) is 10.2 Å². The van der Waals surface area contributed by atoms with Crippen LogP contribution < -0.4 is 11.1 Å². The molecule has 1 aromatic rings. The number of hydrogen-bond donors (Lipinski definition) is 2.